The van der Waals surface area contributed by atoms with Crippen LogP contribution in [0.25, 0.3) is 0 Å². The first-order valence-corrected chi connectivity index (χ1v) is 7.09. The van der Waals surface area contributed by atoms with Gasteiger partial charge < -0.3 is 15.0 Å². The largest absolute Gasteiger partial charge is 0.450 e. The zero-order valence-electron chi connectivity index (χ0n) is 12.0. The van der Waals surface area contributed by atoms with Crippen LogP contribution in [0, 0.1) is 5.82 Å². The van der Waals surface area contributed by atoms with Gasteiger partial charge in [-0.15, -0.1) is 0 Å². The summed E-state index contributed by atoms with van der Waals surface area (Å²) in [4.78, 5) is 25.3. The Labute approximate surface area is 123 Å². The molecule has 1 N–H and O–H groups in total. The summed E-state index contributed by atoms with van der Waals surface area (Å²) in [5.74, 6) is -0.869. The van der Waals surface area contributed by atoms with Gasteiger partial charge in [-0.1, -0.05) is 12.1 Å². The first-order chi connectivity index (χ1) is 10.1. The molecule has 0 bridgehead atoms. The van der Waals surface area contributed by atoms with Crippen molar-refractivity contribution in [3.05, 3.63) is 35.6 Å². The minimum Gasteiger partial charge on any atom is -0.450 e. The molecule has 1 aromatic carbocycles. The van der Waals surface area contributed by atoms with Gasteiger partial charge in [0, 0.05) is 19.1 Å². The van der Waals surface area contributed by atoms with Crippen LogP contribution in [-0.4, -0.2) is 42.6 Å². The minimum absolute atomic E-state index is 0.0642. The van der Waals surface area contributed by atoms with Gasteiger partial charge in [0.1, 0.15) is 5.82 Å². The Hall–Kier alpha value is -2.11. The van der Waals surface area contributed by atoms with Gasteiger partial charge in [0.05, 0.1) is 12.2 Å². The van der Waals surface area contributed by atoms with Crippen molar-refractivity contribution in [3.63, 3.8) is 0 Å². The molecule has 0 aliphatic carbocycles. The third-order valence-electron chi connectivity index (χ3n) is 3.41. The van der Waals surface area contributed by atoms with Crippen LogP contribution >= 0.6 is 0 Å². The van der Waals surface area contributed by atoms with Gasteiger partial charge in [-0.05, 0) is 31.9 Å². The van der Waals surface area contributed by atoms with Crippen molar-refractivity contribution in [2.75, 3.05) is 19.7 Å². The van der Waals surface area contributed by atoms with Crippen molar-refractivity contribution in [2.24, 2.45) is 0 Å². The van der Waals surface area contributed by atoms with Crippen LogP contribution < -0.4 is 5.32 Å². The van der Waals surface area contributed by atoms with E-state index in [4.69, 9.17) is 4.74 Å². The molecule has 1 aliphatic heterocycles. The van der Waals surface area contributed by atoms with E-state index in [0.29, 0.717) is 19.7 Å². The number of amides is 2. The second-order valence-electron chi connectivity index (χ2n) is 4.93. The maximum atomic E-state index is 13.7. The summed E-state index contributed by atoms with van der Waals surface area (Å²) in [5.41, 5.74) is 0.0642. The number of carbonyl (C=O) groups excluding carboxylic acids is 2. The quantitative estimate of drug-likeness (QED) is 0.929. The average molecular weight is 294 g/mol. The number of likely N-dealkylation sites (tertiary alicyclic amines) is 1. The number of nitrogens with one attached hydrogen (secondary N) is 1. The number of hydrogen-bond donors (Lipinski definition) is 1. The molecule has 1 fully saturated rings. The molecule has 21 heavy (non-hydrogen) atoms. The van der Waals surface area contributed by atoms with Crippen molar-refractivity contribution in [3.8, 4) is 0 Å². The maximum Gasteiger partial charge on any atom is 0.407 e. The third-order valence-corrected chi connectivity index (χ3v) is 3.41. The van der Waals surface area contributed by atoms with E-state index in [2.05, 4.69) is 5.32 Å². The van der Waals surface area contributed by atoms with E-state index in [1.807, 2.05) is 0 Å². The zero-order valence-corrected chi connectivity index (χ0v) is 12.0. The third kappa shape index (κ3) is 3.93. The summed E-state index contributed by atoms with van der Waals surface area (Å²) < 4.78 is 18.5. The lowest BCUT2D eigenvalue weighted by molar-refractivity contribution is 0.0681. The fraction of sp³-hybridized carbons (Fsp3) is 0.467. The number of carbonyl (C=O) groups is 2. The van der Waals surface area contributed by atoms with E-state index in [-0.39, 0.29) is 17.5 Å². The molecule has 1 aromatic rings. The Kier molecular flexibility index (Phi) is 5.14. The molecule has 0 spiro atoms. The molecule has 2 amide bonds. The second kappa shape index (κ2) is 7.06. The molecule has 1 heterocycles. The van der Waals surface area contributed by atoms with Crippen LogP contribution in [0.4, 0.5) is 9.18 Å². The smallest absolute Gasteiger partial charge is 0.407 e. The molecule has 0 aromatic heterocycles. The van der Waals surface area contributed by atoms with Crippen molar-refractivity contribution in [1.82, 2.24) is 10.2 Å². The fourth-order valence-corrected chi connectivity index (χ4v) is 2.42. The summed E-state index contributed by atoms with van der Waals surface area (Å²) in [6, 6.07) is 5.77. The predicted octanol–water partition coefficient (Wildman–Crippen LogP) is 2.18. The van der Waals surface area contributed by atoms with E-state index in [1.54, 1.807) is 24.0 Å². The number of hydrogen-bond acceptors (Lipinski definition) is 3. The molecule has 1 saturated heterocycles. The number of ether oxygens (including phenoxy) is 1. The highest BCUT2D eigenvalue weighted by atomic mass is 19.1. The van der Waals surface area contributed by atoms with Gasteiger partial charge >= 0.3 is 6.09 Å². The molecule has 2 rings (SSSR count). The van der Waals surface area contributed by atoms with Crippen molar-refractivity contribution in [1.29, 1.82) is 0 Å². The molecule has 1 aliphatic rings. The highest BCUT2D eigenvalue weighted by molar-refractivity contribution is 5.94. The van der Waals surface area contributed by atoms with E-state index >= 15 is 0 Å². The predicted molar refractivity (Wildman–Crippen MR) is 75.5 cm³/mol. The summed E-state index contributed by atoms with van der Waals surface area (Å²) in [7, 11) is 0. The topological polar surface area (TPSA) is 58.6 Å². The molecule has 5 nitrogen and oxygen atoms in total. The van der Waals surface area contributed by atoms with Crippen LogP contribution in [-0.2, 0) is 4.74 Å². The number of halogens is 1. The van der Waals surface area contributed by atoms with Gasteiger partial charge in [0.25, 0.3) is 5.91 Å². The summed E-state index contributed by atoms with van der Waals surface area (Å²) >= 11 is 0. The normalized spacial score (nSPS) is 18.2. The lowest BCUT2D eigenvalue weighted by Gasteiger charge is -2.33. The van der Waals surface area contributed by atoms with Gasteiger partial charge in [-0.2, -0.15) is 0 Å². The lowest BCUT2D eigenvalue weighted by Crippen LogP contribution is -2.49. The summed E-state index contributed by atoms with van der Waals surface area (Å²) in [6.45, 7) is 2.96. The molecule has 1 atom stereocenters. The second-order valence-corrected chi connectivity index (χ2v) is 4.93. The first kappa shape index (κ1) is 15.3. The summed E-state index contributed by atoms with van der Waals surface area (Å²) in [6.07, 6.45) is 1.06. The maximum absolute atomic E-state index is 13.7. The van der Waals surface area contributed by atoms with E-state index in [9.17, 15) is 14.0 Å². The molecule has 0 radical (unpaired) electrons. The molecular weight excluding hydrogens is 275 g/mol. The van der Waals surface area contributed by atoms with Crippen LogP contribution in [0.5, 0.6) is 0 Å². The Morgan fingerprint density at radius 2 is 2.19 bits per heavy atom. The van der Waals surface area contributed by atoms with Crippen LogP contribution in [0.2, 0.25) is 0 Å². The SMILES string of the molecule is CCOC(=O)N[C@@H]1CCCN(C(=O)c2ccccc2F)C1. The monoisotopic (exact) mass is 294 g/mol. The van der Waals surface area contributed by atoms with Gasteiger partial charge in [-0.25, -0.2) is 9.18 Å². The molecule has 6 heteroatoms. The van der Waals surface area contributed by atoms with E-state index < -0.39 is 11.9 Å². The number of benzene rings is 1. The highest BCUT2D eigenvalue weighted by Crippen LogP contribution is 2.16. The highest BCUT2D eigenvalue weighted by Gasteiger charge is 2.26. The van der Waals surface area contributed by atoms with Gasteiger partial charge in [0.15, 0.2) is 0 Å². The standard InChI is InChI=1S/C15H19FN2O3/c1-2-21-15(20)17-11-6-5-9-18(10-11)14(19)12-7-3-4-8-13(12)16/h3-4,7-8,11H,2,5-6,9-10H2,1H3,(H,17,20)/t11-/m1/s1. The Morgan fingerprint density at radius 1 is 1.43 bits per heavy atom. The van der Waals surface area contributed by atoms with Crippen molar-refractivity contribution < 1.29 is 18.7 Å². The molecule has 114 valence electrons. The van der Waals surface area contributed by atoms with E-state index in [0.717, 1.165) is 12.8 Å². The van der Waals surface area contributed by atoms with Gasteiger partial charge in [0.2, 0.25) is 0 Å². The lowest BCUT2D eigenvalue weighted by atomic mass is 10.0. The van der Waals surface area contributed by atoms with Crippen molar-refractivity contribution in [2.45, 2.75) is 25.8 Å². The fourth-order valence-electron chi connectivity index (χ4n) is 2.42. The van der Waals surface area contributed by atoms with Crippen molar-refractivity contribution >= 4 is 12.0 Å². The van der Waals surface area contributed by atoms with E-state index in [1.165, 1.54) is 12.1 Å². The number of nitrogens with zero attached hydrogens (tertiary/aromatic N) is 1. The average Bonchev–Trinajstić information content (AvgIpc) is 2.47. The van der Waals surface area contributed by atoms with Crippen LogP contribution in [0.15, 0.2) is 24.3 Å². The first-order valence-electron chi connectivity index (χ1n) is 7.09. The molecular formula is C15H19FN2O3. The minimum atomic E-state index is -0.525. The Balaban J connectivity index is 1.99. The Morgan fingerprint density at radius 3 is 2.90 bits per heavy atom. The molecule has 0 saturated carbocycles. The number of alkyl carbamates (subject to hydrolysis) is 1. The van der Waals surface area contributed by atoms with Crippen LogP contribution in [0.1, 0.15) is 30.1 Å². The summed E-state index contributed by atoms with van der Waals surface area (Å²) in [5, 5.41) is 2.72. The zero-order chi connectivity index (χ0) is 15.2. The van der Waals surface area contributed by atoms with Gasteiger partial charge in [-0.3, -0.25) is 4.79 Å². The molecule has 0 unspecified atom stereocenters. The van der Waals surface area contributed by atoms with Crippen LogP contribution in [0.3, 0.4) is 0 Å². The Bertz CT molecular complexity index is 521. The number of rotatable bonds is 3. The number of piperidine rings is 1.